The highest BCUT2D eigenvalue weighted by Gasteiger charge is 2.30. The topological polar surface area (TPSA) is 64.6 Å². The number of hydrogen-bond donors (Lipinski definition) is 1. The van der Waals surface area contributed by atoms with E-state index in [9.17, 15) is 9.59 Å². The fraction of sp³-hybridized carbons (Fsp3) is 0.455. The Hall–Kier alpha value is -2.05. The number of carbonyl (C=O) groups is 2. The number of esters is 1. The first-order chi connectivity index (χ1) is 13.8. The molecular weight excluding hydrogens is 410 g/mol. The highest BCUT2D eigenvalue weighted by Crippen LogP contribution is 2.43. The van der Waals surface area contributed by atoms with Gasteiger partial charge in [0.25, 0.3) is 5.91 Å². The first kappa shape index (κ1) is 21.7. The Morgan fingerprint density at radius 3 is 2.62 bits per heavy atom. The molecule has 0 aliphatic heterocycles. The van der Waals surface area contributed by atoms with Gasteiger partial charge in [-0.1, -0.05) is 18.5 Å². The molecule has 0 bridgehead atoms. The molecule has 7 heteroatoms. The van der Waals surface area contributed by atoms with Crippen molar-refractivity contribution in [2.24, 2.45) is 0 Å². The van der Waals surface area contributed by atoms with Crippen LogP contribution < -0.4 is 10.1 Å². The molecule has 3 rings (SSSR count). The van der Waals surface area contributed by atoms with Crippen LogP contribution in [-0.4, -0.2) is 25.1 Å². The van der Waals surface area contributed by atoms with Crippen LogP contribution in [0.25, 0.3) is 0 Å². The molecule has 29 heavy (non-hydrogen) atoms. The van der Waals surface area contributed by atoms with E-state index in [0.717, 1.165) is 40.8 Å². The highest BCUT2D eigenvalue weighted by atomic mass is 35.5. The predicted molar refractivity (Wildman–Crippen MR) is 117 cm³/mol. The van der Waals surface area contributed by atoms with Gasteiger partial charge in [0.15, 0.2) is 6.61 Å². The normalized spacial score (nSPS) is 15.6. The third kappa shape index (κ3) is 4.75. The minimum Gasteiger partial charge on any atom is -0.484 e. The summed E-state index contributed by atoms with van der Waals surface area (Å²) >= 11 is 7.65. The molecule has 0 saturated carbocycles. The Kier molecular flexibility index (Phi) is 6.85. The van der Waals surface area contributed by atoms with E-state index in [1.807, 2.05) is 13.8 Å². The van der Waals surface area contributed by atoms with E-state index in [2.05, 4.69) is 12.2 Å². The van der Waals surface area contributed by atoms with E-state index in [-0.39, 0.29) is 24.4 Å². The van der Waals surface area contributed by atoms with Crippen molar-refractivity contribution in [1.29, 1.82) is 0 Å². The van der Waals surface area contributed by atoms with E-state index in [1.165, 1.54) is 11.3 Å². The summed E-state index contributed by atoms with van der Waals surface area (Å²) in [5, 5.41) is 4.11. The Labute approximate surface area is 180 Å². The summed E-state index contributed by atoms with van der Waals surface area (Å²) in [5.74, 6) is 0.173. The van der Waals surface area contributed by atoms with Crippen LogP contribution in [0, 0.1) is 13.8 Å². The lowest BCUT2D eigenvalue weighted by Crippen LogP contribution is -2.21. The van der Waals surface area contributed by atoms with Crippen molar-refractivity contribution in [3.63, 3.8) is 0 Å². The maximum Gasteiger partial charge on any atom is 0.341 e. The first-order valence-corrected chi connectivity index (χ1v) is 11.0. The highest BCUT2D eigenvalue weighted by molar-refractivity contribution is 7.17. The Morgan fingerprint density at radius 1 is 1.28 bits per heavy atom. The number of hydrogen-bond acceptors (Lipinski definition) is 5. The third-order valence-corrected chi connectivity index (χ3v) is 6.85. The second-order valence-electron chi connectivity index (χ2n) is 7.36. The number of thiophene rings is 1. The van der Waals surface area contributed by atoms with E-state index in [1.54, 1.807) is 19.1 Å². The van der Waals surface area contributed by atoms with Crippen LogP contribution in [-0.2, 0) is 16.0 Å². The molecule has 0 saturated heterocycles. The maximum atomic E-state index is 12.6. The van der Waals surface area contributed by atoms with Gasteiger partial charge in [0.1, 0.15) is 10.8 Å². The summed E-state index contributed by atoms with van der Waals surface area (Å²) in [6.07, 6.45) is 3.04. The minimum absolute atomic E-state index is 0.152. The van der Waals surface area contributed by atoms with Crippen molar-refractivity contribution in [2.75, 3.05) is 18.5 Å². The Morgan fingerprint density at radius 2 is 1.97 bits per heavy atom. The van der Waals surface area contributed by atoms with Crippen LogP contribution in [0.1, 0.15) is 64.5 Å². The van der Waals surface area contributed by atoms with Gasteiger partial charge in [-0.25, -0.2) is 4.79 Å². The van der Waals surface area contributed by atoms with Gasteiger partial charge in [-0.2, -0.15) is 0 Å². The van der Waals surface area contributed by atoms with Crippen molar-refractivity contribution in [2.45, 2.75) is 52.9 Å². The van der Waals surface area contributed by atoms with Gasteiger partial charge in [-0.15, -0.1) is 11.3 Å². The van der Waals surface area contributed by atoms with E-state index < -0.39 is 0 Å². The number of amides is 1. The predicted octanol–water partition coefficient (Wildman–Crippen LogP) is 5.65. The lowest BCUT2D eigenvalue weighted by molar-refractivity contribution is -0.118. The van der Waals surface area contributed by atoms with Crippen LogP contribution in [0.5, 0.6) is 5.75 Å². The molecule has 1 atom stereocenters. The van der Waals surface area contributed by atoms with Crippen LogP contribution >= 0.6 is 22.9 Å². The number of fused-ring (bicyclic) bond motifs is 1. The summed E-state index contributed by atoms with van der Waals surface area (Å²) in [6.45, 7) is 7.83. The van der Waals surface area contributed by atoms with Gasteiger partial charge in [-0.3, -0.25) is 4.79 Å². The second-order valence-corrected chi connectivity index (χ2v) is 8.85. The molecule has 5 nitrogen and oxygen atoms in total. The van der Waals surface area contributed by atoms with E-state index in [4.69, 9.17) is 21.1 Å². The van der Waals surface area contributed by atoms with Crippen molar-refractivity contribution >= 4 is 39.8 Å². The van der Waals surface area contributed by atoms with Gasteiger partial charge in [0.05, 0.1) is 12.2 Å². The van der Waals surface area contributed by atoms with Gasteiger partial charge >= 0.3 is 5.97 Å². The number of benzene rings is 1. The van der Waals surface area contributed by atoms with E-state index >= 15 is 0 Å². The average molecular weight is 436 g/mol. The largest absolute Gasteiger partial charge is 0.484 e. The number of nitrogens with one attached hydrogen (secondary N) is 1. The zero-order valence-electron chi connectivity index (χ0n) is 17.2. The summed E-state index contributed by atoms with van der Waals surface area (Å²) < 4.78 is 10.9. The summed E-state index contributed by atoms with van der Waals surface area (Å²) in [5.41, 5.74) is 3.32. The van der Waals surface area contributed by atoms with Gasteiger partial charge in [0, 0.05) is 9.90 Å². The van der Waals surface area contributed by atoms with Crippen molar-refractivity contribution in [3.8, 4) is 5.75 Å². The molecule has 1 aromatic carbocycles. The Balaban J connectivity index is 1.77. The zero-order chi connectivity index (χ0) is 21.1. The Bertz CT molecular complexity index is 914. The number of rotatable bonds is 6. The number of aryl methyl sites for hydroxylation is 3. The van der Waals surface area contributed by atoms with Gasteiger partial charge < -0.3 is 14.8 Å². The lowest BCUT2D eigenvalue weighted by atomic mass is 9.86. The summed E-state index contributed by atoms with van der Waals surface area (Å²) in [4.78, 5) is 26.3. The summed E-state index contributed by atoms with van der Waals surface area (Å²) in [7, 11) is 0. The van der Waals surface area contributed by atoms with Crippen LogP contribution in [0.15, 0.2) is 12.1 Å². The van der Waals surface area contributed by atoms with Gasteiger partial charge in [-0.05, 0) is 74.8 Å². The smallest absolute Gasteiger partial charge is 0.341 e. The van der Waals surface area contributed by atoms with Crippen molar-refractivity contribution in [3.05, 3.63) is 44.3 Å². The lowest BCUT2D eigenvalue weighted by Gasteiger charge is -2.19. The molecule has 0 radical (unpaired) electrons. The summed E-state index contributed by atoms with van der Waals surface area (Å²) in [6, 6.07) is 3.61. The molecule has 1 aromatic heterocycles. The van der Waals surface area contributed by atoms with E-state index in [0.29, 0.717) is 27.9 Å². The SMILES string of the molecule is CCOC(=O)c1c(NC(=O)COc2cc(C)c(Cl)c(C)c2)sc2c1C(C)CCC2. The van der Waals surface area contributed by atoms with Crippen molar-refractivity contribution in [1.82, 2.24) is 0 Å². The molecule has 2 aromatic rings. The van der Waals surface area contributed by atoms with Crippen LogP contribution in [0.4, 0.5) is 5.00 Å². The molecule has 0 fully saturated rings. The van der Waals surface area contributed by atoms with Crippen LogP contribution in [0.3, 0.4) is 0 Å². The minimum atomic E-state index is -0.376. The molecule has 0 spiro atoms. The fourth-order valence-electron chi connectivity index (χ4n) is 3.71. The fourth-order valence-corrected chi connectivity index (χ4v) is 5.18. The molecule has 1 aliphatic rings. The van der Waals surface area contributed by atoms with Crippen molar-refractivity contribution < 1.29 is 19.1 Å². The first-order valence-electron chi connectivity index (χ1n) is 9.83. The zero-order valence-corrected chi connectivity index (χ0v) is 18.8. The number of anilines is 1. The monoisotopic (exact) mass is 435 g/mol. The maximum absolute atomic E-state index is 12.6. The standard InChI is InChI=1S/C22H26ClNO4S/c1-5-27-22(26)19-18-12(2)7-6-8-16(18)29-21(19)24-17(25)11-28-15-9-13(3)20(23)14(4)10-15/h9-10,12H,5-8,11H2,1-4H3,(H,24,25). The molecule has 156 valence electrons. The molecule has 1 heterocycles. The molecular formula is C22H26ClNO4S. The number of ether oxygens (including phenoxy) is 2. The quantitative estimate of drug-likeness (QED) is 0.595. The third-order valence-electron chi connectivity index (χ3n) is 5.07. The molecule has 1 aliphatic carbocycles. The van der Waals surface area contributed by atoms with Crippen LogP contribution in [0.2, 0.25) is 5.02 Å². The second kappa shape index (κ2) is 9.18. The molecule has 1 amide bonds. The average Bonchev–Trinajstić information content (AvgIpc) is 3.03. The molecule has 1 N–H and O–H groups in total. The number of halogens is 1. The molecule has 1 unspecified atom stereocenters. The van der Waals surface area contributed by atoms with Gasteiger partial charge in [0.2, 0.25) is 0 Å². The number of carbonyl (C=O) groups excluding carboxylic acids is 2.